The number of rotatable bonds is 2. The molecule has 24 heavy (non-hydrogen) atoms. The average molecular weight is 332 g/mol. The highest BCUT2D eigenvalue weighted by molar-refractivity contribution is 6.30. The third kappa shape index (κ3) is 2.74. The van der Waals surface area contributed by atoms with E-state index in [1.54, 1.807) is 0 Å². The summed E-state index contributed by atoms with van der Waals surface area (Å²) in [5.41, 5.74) is 4.71. The van der Waals surface area contributed by atoms with Gasteiger partial charge in [-0.25, -0.2) is 15.0 Å². The van der Waals surface area contributed by atoms with Crippen LogP contribution in [0.15, 0.2) is 66.9 Å². The second-order valence-electron chi connectivity index (χ2n) is 5.62. The second kappa shape index (κ2) is 6.02. The van der Waals surface area contributed by atoms with Gasteiger partial charge in [-0.3, -0.25) is 0 Å². The minimum atomic E-state index is 0.627. The first kappa shape index (κ1) is 14.8. The number of pyridine rings is 1. The van der Waals surface area contributed by atoms with Gasteiger partial charge in [-0.2, -0.15) is 0 Å². The summed E-state index contributed by atoms with van der Waals surface area (Å²) < 4.78 is 0. The quantitative estimate of drug-likeness (QED) is 0.499. The first-order valence-corrected chi connectivity index (χ1v) is 8.04. The van der Waals surface area contributed by atoms with Gasteiger partial charge in [0.1, 0.15) is 5.69 Å². The number of nitrogens with zero attached hydrogens (tertiary/aromatic N) is 3. The van der Waals surface area contributed by atoms with Crippen molar-refractivity contribution in [1.82, 2.24) is 15.0 Å². The van der Waals surface area contributed by atoms with Gasteiger partial charge in [0.05, 0.1) is 11.2 Å². The fraction of sp³-hybridized carbons (Fsp3) is 0.0500. The molecular weight excluding hydrogens is 318 g/mol. The summed E-state index contributed by atoms with van der Waals surface area (Å²) in [5.74, 6) is 0.627. The molecule has 0 aliphatic heterocycles. The van der Waals surface area contributed by atoms with Gasteiger partial charge in [0.15, 0.2) is 5.82 Å². The number of para-hydroxylation sites is 1. The molecule has 2 aromatic carbocycles. The minimum Gasteiger partial charge on any atom is -0.244 e. The molecule has 2 heterocycles. The summed E-state index contributed by atoms with van der Waals surface area (Å²) in [6.45, 7) is 2.03. The monoisotopic (exact) mass is 331 g/mol. The highest BCUT2D eigenvalue weighted by atomic mass is 35.5. The van der Waals surface area contributed by atoms with Crippen molar-refractivity contribution in [2.24, 2.45) is 0 Å². The van der Waals surface area contributed by atoms with E-state index in [-0.39, 0.29) is 0 Å². The number of fused-ring (bicyclic) bond motifs is 1. The van der Waals surface area contributed by atoms with Gasteiger partial charge in [0, 0.05) is 22.2 Å². The van der Waals surface area contributed by atoms with Crippen LogP contribution in [-0.4, -0.2) is 15.0 Å². The van der Waals surface area contributed by atoms with Gasteiger partial charge < -0.3 is 0 Å². The van der Waals surface area contributed by atoms with Gasteiger partial charge in [0.2, 0.25) is 0 Å². The molecule has 0 N–H and O–H groups in total. The summed E-state index contributed by atoms with van der Waals surface area (Å²) in [4.78, 5) is 13.8. The number of halogens is 1. The number of aromatic nitrogens is 3. The summed E-state index contributed by atoms with van der Waals surface area (Å²) in [6, 6.07) is 19.6. The van der Waals surface area contributed by atoms with E-state index in [0.717, 1.165) is 38.4 Å². The topological polar surface area (TPSA) is 38.7 Å². The molecule has 0 saturated carbocycles. The second-order valence-corrected chi connectivity index (χ2v) is 6.06. The van der Waals surface area contributed by atoms with Gasteiger partial charge >= 0.3 is 0 Å². The van der Waals surface area contributed by atoms with Crippen LogP contribution in [0.4, 0.5) is 0 Å². The Bertz CT molecular complexity index is 1040. The summed E-state index contributed by atoms with van der Waals surface area (Å²) in [6.07, 6.45) is 1.83. The first-order valence-electron chi connectivity index (χ1n) is 7.66. The predicted molar refractivity (Wildman–Crippen MR) is 98.0 cm³/mol. The molecule has 0 atom stereocenters. The molecule has 4 rings (SSSR count). The van der Waals surface area contributed by atoms with Crippen LogP contribution < -0.4 is 0 Å². The maximum absolute atomic E-state index is 6.05. The maximum atomic E-state index is 6.05. The molecule has 0 saturated heterocycles. The largest absolute Gasteiger partial charge is 0.244 e. The Hall–Kier alpha value is -2.78. The summed E-state index contributed by atoms with van der Waals surface area (Å²) in [5, 5.41) is 1.75. The van der Waals surface area contributed by atoms with Crippen LogP contribution >= 0.6 is 11.6 Å². The maximum Gasteiger partial charge on any atom is 0.178 e. The van der Waals surface area contributed by atoms with E-state index in [0.29, 0.717) is 5.82 Å². The number of hydrogen-bond acceptors (Lipinski definition) is 3. The smallest absolute Gasteiger partial charge is 0.178 e. The highest BCUT2D eigenvalue weighted by Gasteiger charge is 2.08. The van der Waals surface area contributed by atoms with Gasteiger partial charge in [-0.05, 0) is 42.8 Å². The van der Waals surface area contributed by atoms with Crippen molar-refractivity contribution in [3.63, 3.8) is 0 Å². The zero-order chi connectivity index (χ0) is 16.5. The molecule has 0 fully saturated rings. The Kier molecular flexibility index (Phi) is 3.71. The normalized spacial score (nSPS) is 10.9. The fourth-order valence-electron chi connectivity index (χ4n) is 2.72. The third-order valence-electron chi connectivity index (χ3n) is 3.93. The molecule has 4 aromatic rings. The Morgan fingerprint density at radius 3 is 2.54 bits per heavy atom. The molecule has 3 nitrogen and oxygen atoms in total. The van der Waals surface area contributed by atoms with Crippen molar-refractivity contribution in [3.05, 3.63) is 77.4 Å². The van der Waals surface area contributed by atoms with E-state index in [1.165, 1.54) is 0 Å². The van der Waals surface area contributed by atoms with Gasteiger partial charge in [-0.15, -0.1) is 0 Å². The van der Waals surface area contributed by atoms with Crippen molar-refractivity contribution in [3.8, 4) is 22.8 Å². The molecule has 116 valence electrons. The van der Waals surface area contributed by atoms with E-state index in [9.17, 15) is 0 Å². The first-order chi connectivity index (χ1) is 11.7. The molecule has 0 aliphatic carbocycles. The van der Waals surface area contributed by atoms with Crippen LogP contribution in [-0.2, 0) is 0 Å². The highest BCUT2D eigenvalue weighted by Crippen LogP contribution is 2.26. The van der Waals surface area contributed by atoms with Crippen LogP contribution in [0, 0.1) is 6.92 Å². The molecule has 0 unspecified atom stereocenters. The zero-order valence-corrected chi connectivity index (χ0v) is 13.8. The lowest BCUT2D eigenvalue weighted by Crippen LogP contribution is -1.94. The van der Waals surface area contributed by atoms with Crippen molar-refractivity contribution in [2.45, 2.75) is 6.92 Å². The molecule has 4 heteroatoms. The zero-order valence-electron chi connectivity index (χ0n) is 13.1. The van der Waals surface area contributed by atoms with Crippen LogP contribution in [0.1, 0.15) is 5.56 Å². The van der Waals surface area contributed by atoms with E-state index in [2.05, 4.69) is 9.97 Å². The Balaban J connectivity index is 1.81. The molecule has 0 amide bonds. The van der Waals surface area contributed by atoms with Crippen LogP contribution in [0.3, 0.4) is 0 Å². The van der Waals surface area contributed by atoms with E-state index in [1.807, 2.05) is 73.8 Å². The molecule has 0 aliphatic rings. The number of hydrogen-bond donors (Lipinski definition) is 0. The van der Waals surface area contributed by atoms with Crippen molar-refractivity contribution in [2.75, 3.05) is 0 Å². The lowest BCUT2D eigenvalue weighted by atomic mass is 10.1. The van der Waals surface area contributed by atoms with E-state index < -0.39 is 0 Å². The fourth-order valence-corrected chi connectivity index (χ4v) is 2.95. The lowest BCUT2D eigenvalue weighted by molar-refractivity contribution is 1.18. The van der Waals surface area contributed by atoms with Crippen LogP contribution in [0.25, 0.3) is 33.7 Å². The van der Waals surface area contributed by atoms with Crippen LogP contribution in [0.2, 0.25) is 5.02 Å². The molecule has 0 spiro atoms. The van der Waals surface area contributed by atoms with E-state index in [4.69, 9.17) is 16.6 Å². The summed E-state index contributed by atoms with van der Waals surface area (Å²) >= 11 is 6.05. The van der Waals surface area contributed by atoms with Crippen molar-refractivity contribution >= 4 is 22.5 Å². The van der Waals surface area contributed by atoms with Gasteiger partial charge in [-0.1, -0.05) is 41.9 Å². The third-order valence-corrected chi connectivity index (χ3v) is 4.17. The van der Waals surface area contributed by atoms with Crippen molar-refractivity contribution in [1.29, 1.82) is 0 Å². The van der Waals surface area contributed by atoms with Crippen molar-refractivity contribution < 1.29 is 0 Å². The average Bonchev–Trinajstić information content (AvgIpc) is 2.61. The summed E-state index contributed by atoms with van der Waals surface area (Å²) in [7, 11) is 0. The van der Waals surface area contributed by atoms with E-state index >= 15 is 0 Å². The molecular formula is C20H14ClN3. The Labute approximate surface area is 145 Å². The lowest BCUT2D eigenvalue weighted by Gasteiger charge is -2.08. The molecule has 0 radical (unpaired) electrons. The number of benzene rings is 2. The Morgan fingerprint density at radius 1 is 0.833 bits per heavy atom. The van der Waals surface area contributed by atoms with Crippen LogP contribution in [0.5, 0.6) is 0 Å². The Morgan fingerprint density at radius 2 is 1.67 bits per heavy atom. The predicted octanol–water partition coefficient (Wildman–Crippen LogP) is 5.32. The van der Waals surface area contributed by atoms with Gasteiger partial charge in [0.25, 0.3) is 0 Å². The minimum absolute atomic E-state index is 0.627. The SMILES string of the molecule is Cc1cc(Cl)ccc1-c1cccc(-c2ncc3ccccc3n2)n1. The standard InChI is InChI=1S/C20H14ClN3/c1-13-11-15(21)9-10-16(13)18-7-4-8-19(23-18)20-22-12-14-5-2-3-6-17(14)24-20/h2-12H,1H3. The molecule has 2 aromatic heterocycles. The molecule has 0 bridgehead atoms. The number of aryl methyl sites for hydroxylation is 1.